The van der Waals surface area contributed by atoms with Gasteiger partial charge in [0.2, 0.25) is 0 Å². The Labute approximate surface area is 29.2 Å². The summed E-state index contributed by atoms with van der Waals surface area (Å²) in [4.78, 5) is 0. The summed E-state index contributed by atoms with van der Waals surface area (Å²) in [5.41, 5.74) is 0. The molecule has 0 atom stereocenters. The summed E-state index contributed by atoms with van der Waals surface area (Å²) < 4.78 is 3.54. The van der Waals surface area contributed by atoms with Crippen molar-refractivity contribution in [2.45, 2.75) is 6.92 Å². The van der Waals surface area contributed by atoms with Gasteiger partial charge in [-0.1, -0.05) is 0 Å². The third kappa shape index (κ3) is 2.02. The first-order chi connectivity index (χ1) is 1.91. The van der Waals surface area contributed by atoms with Crippen molar-refractivity contribution in [3.63, 3.8) is 0 Å². The van der Waals surface area contributed by atoms with E-state index < -0.39 is 0 Å². The van der Waals surface area contributed by atoms with E-state index in [2.05, 4.69) is 14.7 Å². The fourth-order valence-electron chi connectivity index (χ4n) is 0. The molecule has 0 saturated heterocycles. The van der Waals surface area contributed by atoms with Crippen molar-refractivity contribution in [2.24, 2.45) is 4.63 Å². The molecule has 0 saturated carbocycles. The van der Waals surface area contributed by atoms with Gasteiger partial charge >= 0.3 is 0 Å². The molecule has 2 heteroatoms. The minimum Gasteiger partial charge on any atom is -0.333 e. The van der Waals surface area contributed by atoms with Crippen LogP contribution in [0.5, 0.6) is 0 Å². The number of hydrogen-bond acceptors (Lipinski definition) is 1. The third-order valence-electron chi connectivity index (χ3n) is 0.158. The van der Waals surface area contributed by atoms with Gasteiger partial charge in [0.25, 0.3) is 0 Å². The molecule has 0 aliphatic heterocycles. The molecule has 0 N–H and O–H groups in total. The van der Waals surface area contributed by atoms with Gasteiger partial charge in [-0.2, -0.15) is 0 Å². The summed E-state index contributed by atoms with van der Waals surface area (Å²) in [7, 11) is 2.91. The van der Waals surface area contributed by atoms with Gasteiger partial charge in [0.15, 0.2) is 10.0 Å². The Morgan fingerprint density at radius 1 is 2.00 bits per heavy atom. The predicted molar refractivity (Wildman–Crippen MR) is 18.7 cm³/mol. The highest BCUT2D eigenvalue weighted by atomic mass is 28.1. The molecule has 0 unspecified atom stereocenters. The van der Waals surface area contributed by atoms with E-state index in [4.69, 9.17) is 0 Å². The first-order valence-corrected chi connectivity index (χ1v) is 1.69. The normalized spacial score (nSPS) is 6.25. The predicted octanol–water partition coefficient (Wildman–Crippen LogP) is 0.358. The molecule has 0 heterocycles. The van der Waals surface area contributed by atoms with E-state index in [-0.39, 0.29) is 0 Å². The second-order valence-corrected chi connectivity index (χ2v) is 0.791. The zero-order valence-corrected chi connectivity index (χ0v) is 3.65. The van der Waals surface area contributed by atoms with Gasteiger partial charge in [-0.25, -0.2) is 0 Å². The molecule has 0 aromatic heterocycles. The van der Waals surface area contributed by atoms with Crippen molar-refractivity contribution in [3.8, 4) is 0 Å². The van der Waals surface area contributed by atoms with E-state index in [0.717, 1.165) is 6.54 Å². The summed E-state index contributed by atoms with van der Waals surface area (Å²) in [5, 5.41) is 0. The Bertz CT molecular complexity index is 20.0. The average Bonchev–Trinajstić information content (AvgIpc) is 1.37. The summed E-state index contributed by atoms with van der Waals surface area (Å²) in [6.45, 7) is 2.82. The molecule has 0 spiro atoms. The van der Waals surface area contributed by atoms with Crippen molar-refractivity contribution in [1.82, 2.24) is 0 Å². The van der Waals surface area contributed by atoms with Gasteiger partial charge in [0.1, 0.15) is 0 Å². The Hall–Kier alpha value is 0.0169. The average molecular weight is 71.2 g/mol. The molecule has 1 nitrogen and oxygen atoms in total. The Morgan fingerprint density at radius 2 is 2.25 bits per heavy atom. The molecule has 0 fully saturated rings. The highest BCUT2D eigenvalue weighted by Crippen LogP contribution is 1.50. The van der Waals surface area contributed by atoms with E-state index in [1.165, 1.54) is 0 Å². The minimum atomic E-state index is 0.858. The van der Waals surface area contributed by atoms with Crippen LogP contribution >= 0.6 is 0 Å². The van der Waals surface area contributed by atoms with Crippen molar-refractivity contribution >= 4 is 10.0 Å². The zero-order valence-electron chi connectivity index (χ0n) is 2.65. The Morgan fingerprint density at radius 3 is 2.25 bits per heavy atom. The van der Waals surface area contributed by atoms with Crippen molar-refractivity contribution < 1.29 is 0 Å². The second kappa shape index (κ2) is 3.02. The smallest absolute Gasteiger partial charge is 0.180 e. The molecule has 22 valence electrons. The maximum absolute atomic E-state index is 3.54. The summed E-state index contributed by atoms with van der Waals surface area (Å²) in [5.74, 6) is 0. The van der Waals surface area contributed by atoms with Crippen LogP contribution in [0.4, 0.5) is 0 Å². The first-order valence-electron chi connectivity index (χ1n) is 1.25. The molecular formula is C2H5NSi. The Balaban J connectivity index is 2.30. The highest BCUT2D eigenvalue weighted by Gasteiger charge is 1.43. The SMILES string of the molecule is CCN=[Si]. The highest BCUT2D eigenvalue weighted by molar-refractivity contribution is 5.91. The monoisotopic (exact) mass is 71.0 g/mol. The van der Waals surface area contributed by atoms with E-state index in [0.29, 0.717) is 0 Å². The van der Waals surface area contributed by atoms with E-state index in [1.54, 1.807) is 0 Å². The van der Waals surface area contributed by atoms with Gasteiger partial charge in [-0.15, -0.1) is 0 Å². The lowest BCUT2D eigenvalue weighted by molar-refractivity contribution is 1.15. The molecule has 0 aromatic carbocycles. The van der Waals surface area contributed by atoms with Gasteiger partial charge in [0.05, 0.1) is 0 Å². The molecule has 0 amide bonds. The number of nitrogens with zero attached hydrogens (tertiary/aromatic N) is 1. The molecule has 4 heavy (non-hydrogen) atoms. The quantitative estimate of drug-likeness (QED) is 0.396. The summed E-state index contributed by atoms with van der Waals surface area (Å²) in [6.07, 6.45) is 0. The van der Waals surface area contributed by atoms with Gasteiger partial charge in [-0.3, -0.25) is 0 Å². The van der Waals surface area contributed by atoms with Crippen LogP contribution in [0.3, 0.4) is 0 Å². The fourth-order valence-corrected chi connectivity index (χ4v) is 0. The molecule has 2 radical (unpaired) electrons. The molecule has 0 aromatic rings. The molecule has 0 aliphatic carbocycles. The third-order valence-corrected chi connectivity index (χ3v) is 0.474. The summed E-state index contributed by atoms with van der Waals surface area (Å²) in [6, 6.07) is 0. The number of rotatable bonds is 1. The lowest BCUT2D eigenvalue weighted by atomic mass is 10.8. The van der Waals surface area contributed by atoms with Gasteiger partial charge in [-0.05, 0) is 6.92 Å². The van der Waals surface area contributed by atoms with Crippen LogP contribution in [-0.4, -0.2) is 16.6 Å². The van der Waals surface area contributed by atoms with Crippen LogP contribution in [0.25, 0.3) is 0 Å². The maximum Gasteiger partial charge on any atom is 0.180 e. The summed E-state index contributed by atoms with van der Waals surface area (Å²) >= 11 is 0. The van der Waals surface area contributed by atoms with Gasteiger partial charge in [0, 0.05) is 6.54 Å². The molecule has 0 rings (SSSR count). The fraction of sp³-hybridized carbons (Fsp3) is 1.00. The molecule has 0 aliphatic rings. The van der Waals surface area contributed by atoms with Crippen LogP contribution in [-0.2, 0) is 0 Å². The zero-order chi connectivity index (χ0) is 3.41. The topological polar surface area (TPSA) is 12.4 Å². The van der Waals surface area contributed by atoms with Crippen LogP contribution < -0.4 is 0 Å². The number of hydrogen-bond donors (Lipinski definition) is 0. The van der Waals surface area contributed by atoms with E-state index >= 15 is 0 Å². The second-order valence-electron chi connectivity index (χ2n) is 0.474. The van der Waals surface area contributed by atoms with Gasteiger partial charge < -0.3 is 4.63 Å². The van der Waals surface area contributed by atoms with Crippen LogP contribution in [0.15, 0.2) is 4.63 Å². The molecule has 0 bridgehead atoms. The van der Waals surface area contributed by atoms with E-state index in [9.17, 15) is 0 Å². The van der Waals surface area contributed by atoms with Crippen molar-refractivity contribution in [2.75, 3.05) is 6.54 Å². The largest absolute Gasteiger partial charge is 0.333 e. The molecular weight excluding hydrogens is 66.1 g/mol. The standard InChI is InChI=1S/C2H5NSi/c1-2-3-4/h2H2,1H3. The van der Waals surface area contributed by atoms with Crippen molar-refractivity contribution in [3.05, 3.63) is 0 Å². The lowest BCUT2D eigenvalue weighted by Gasteiger charge is -1.61. The van der Waals surface area contributed by atoms with Crippen molar-refractivity contribution in [1.29, 1.82) is 0 Å². The Kier molecular flexibility index (Phi) is 3.03. The van der Waals surface area contributed by atoms with Crippen LogP contribution in [0, 0.1) is 0 Å². The minimum absolute atomic E-state index is 0.858. The van der Waals surface area contributed by atoms with Crippen LogP contribution in [0.1, 0.15) is 6.92 Å². The van der Waals surface area contributed by atoms with E-state index in [1.807, 2.05) is 6.92 Å². The maximum atomic E-state index is 3.54. The first kappa shape index (κ1) is 4.02. The lowest BCUT2D eigenvalue weighted by Crippen LogP contribution is -1.55. The van der Waals surface area contributed by atoms with Crippen LogP contribution in [0.2, 0.25) is 0 Å².